The maximum atomic E-state index is 12.5. The van der Waals surface area contributed by atoms with Crippen LogP contribution in [0.5, 0.6) is 5.75 Å². The summed E-state index contributed by atoms with van der Waals surface area (Å²) >= 11 is 0. The van der Waals surface area contributed by atoms with E-state index in [4.69, 9.17) is 5.73 Å². The molecular weight excluding hydrogens is 262 g/mol. The average molecular weight is 286 g/mol. The van der Waals surface area contributed by atoms with Crippen molar-refractivity contribution < 1.29 is 13.5 Å². The molecule has 1 rings (SSSR count). The van der Waals surface area contributed by atoms with Crippen molar-refractivity contribution in [3.05, 3.63) is 29.8 Å². The zero-order valence-electron chi connectivity index (χ0n) is 12.6. The summed E-state index contributed by atoms with van der Waals surface area (Å²) < 4.78 is 29.6. The molecule has 0 saturated carbocycles. The number of para-hydroxylation sites is 1. The molecule has 0 radical (unpaired) electrons. The summed E-state index contributed by atoms with van der Waals surface area (Å²) in [6, 6.07) is 6.66. The van der Waals surface area contributed by atoms with Gasteiger partial charge >= 0.3 is 6.61 Å². The Labute approximate surface area is 119 Å². The number of hydrogen-bond donors (Lipinski definition) is 1. The summed E-state index contributed by atoms with van der Waals surface area (Å²) in [5.41, 5.74) is 6.48. The van der Waals surface area contributed by atoms with Crippen LogP contribution in [-0.4, -0.2) is 30.6 Å². The minimum atomic E-state index is -2.83. The van der Waals surface area contributed by atoms with E-state index in [0.717, 1.165) is 6.42 Å². The van der Waals surface area contributed by atoms with Gasteiger partial charge in [0.2, 0.25) is 0 Å². The van der Waals surface area contributed by atoms with E-state index in [1.54, 1.807) is 18.2 Å². The number of benzene rings is 1. The fourth-order valence-electron chi connectivity index (χ4n) is 2.12. The molecule has 0 saturated heterocycles. The lowest BCUT2D eigenvalue weighted by molar-refractivity contribution is -0.0514. The molecule has 1 aromatic carbocycles. The van der Waals surface area contributed by atoms with E-state index in [1.807, 2.05) is 13.1 Å². The summed E-state index contributed by atoms with van der Waals surface area (Å²) in [5, 5.41) is 0. The second-order valence-corrected chi connectivity index (χ2v) is 5.44. The minimum Gasteiger partial charge on any atom is -0.434 e. The van der Waals surface area contributed by atoms with E-state index in [0.29, 0.717) is 12.1 Å². The highest BCUT2D eigenvalue weighted by Crippen LogP contribution is 2.33. The summed E-state index contributed by atoms with van der Waals surface area (Å²) in [6.07, 6.45) is 0.928. The van der Waals surface area contributed by atoms with E-state index in [2.05, 4.69) is 30.4 Å². The molecule has 0 bridgehead atoms. The molecule has 0 aliphatic carbocycles. The van der Waals surface area contributed by atoms with Crippen LogP contribution in [0, 0.1) is 0 Å². The summed E-state index contributed by atoms with van der Waals surface area (Å²) in [4.78, 5) is 2.11. The second kappa shape index (κ2) is 6.99. The van der Waals surface area contributed by atoms with Crippen molar-refractivity contribution in [2.45, 2.75) is 45.4 Å². The molecule has 0 aliphatic heterocycles. The molecule has 20 heavy (non-hydrogen) atoms. The standard InChI is InChI=1S/C15H24F2N2O/c1-5-15(2,3)19(4)12(10-18)11-8-6-7-9-13(11)20-14(16)17/h6-9,12,14H,5,10,18H2,1-4H3. The van der Waals surface area contributed by atoms with Crippen molar-refractivity contribution in [2.24, 2.45) is 5.73 Å². The van der Waals surface area contributed by atoms with Crippen molar-refractivity contribution in [3.63, 3.8) is 0 Å². The molecule has 1 atom stereocenters. The molecule has 2 N–H and O–H groups in total. The number of nitrogens with zero attached hydrogens (tertiary/aromatic N) is 1. The number of halogens is 2. The van der Waals surface area contributed by atoms with Gasteiger partial charge in [-0.3, -0.25) is 4.90 Å². The van der Waals surface area contributed by atoms with E-state index in [1.165, 1.54) is 0 Å². The maximum Gasteiger partial charge on any atom is 0.387 e. The Morgan fingerprint density at radius 1 is 1.30 bits per heavy atom. The predicted molar refractivity (Wildman–Crippen MR) is 77.0 cm³/mol. The molecule has 5 heteroatoms. The largest absolute Gasteiger partial charge is 0.434 e. The lowest BCUT2D eigenvalue weighted by atomic mass is 9.94. The van der Waals surface area contributed by atoms with Crippen LogP contribution in [0.1, 0.15) is 38.8 Å². The first kappa shape index (κ1) is 16.9. The Kier molecular flexibility index (Phi) is 5.89. The van der Waals surface area contributed by atoms with Crippen molar-refractivity contribution in [1.82, 2.24) is 4.90 Å². The van der Waals surface area contributed by atoms with E-state index < -0.39 is 6.61 Å². The van der Waals surface area contributed by atoms with Crippen molar-refractivity contribution in [1.29, 1.82) is 0 Å². The van der Waals surface area contributed by atoms with Gasteiger partial charge in [0, 0.05) is 17.6 Å². The van der Waals surface area contributed by atoms with Gasteiger partial charge in [-0.15, -0.1) is 0 Å². The molecule has 0 aromatic heterocycles. The van der Waals surface area contributed by atoms with Crippen LogP contribution in [0.15, 0.2) is 24.3 Å². The van der Waals surface area contributed by atoms with Gasteiger partial charge in [0.1, 0.15) is 5.75 Å². The van der Waals surface area contributed by atoms with Crippen molar-refractivity contribution in [2.75, 3.05) is 13.6 Å². The Morgan fingerprint density at radius 3 is 2.40 bits per heavy atom. The van der Waals surface area contributed by atoms with Crippen molar-refractivity contribution >= 4 is 0 Å². The summed E-state index contributed by atoms with van der Waals surface area (Å²) in [7, 11) is 1.96. The predicted octanol–water partition coefficient (Wildman–Crippen LogP) is 3.41. The van der Waals surface area contributed by atoms with Gasteiger partial charge in [-0.1, -0.05) is 25.1 Å². The van der Waals surface area contributed by atoms with Gasteiger partial charge in [-0.2, -0.15) is 8.78 Å². The van der Waals surface area contributed by atoms with Crippen molar-refractivity contribution in [3.8, 4) is 5.75 Å². The Balaban J connectivity index is 3.12. The monoisotopic (exact) mass is 286 g/mol. The van der Waals surface area contributed by atoms with Crippen LogP contribution in [0.25, 0.3) is 0 Å². The van der Waals surface area contributed by atoms with Crippen LogP contribution in [-0.2, 0) is 0 Å². The molecule has 0 spiro atoms. The molecule has 0 aliphatic rings. The lowest BCUT2D eigenvalue weighted by Gasteiger charge is -2.41. The zero-order valence-corrected chi connectivity index (χ0v) is 12.6. The van der Waals surface area contributed by atoms with Crippen LogP contribution in [0.2, 0.25) is 0 Å². The number of alkyl halides is 2. The highest BCUT2D eigenvalue weighted by molar-refractivity contribution is 5.36. The fourth-order valence-corrected chi connectivity index (χ4v) is 2.12. The van der Waals surface area contributed by atoms with Gasteiger partial charge in [0.25, 0.3) is 0 Å². The van der Waals surface area contributed by atoms with Gasteiger partial charge in [-0.05, 0) is 33.4 Å². The van der Waals surface area contributed by atoms with Gasteiger partial charge in [0.05, 0.1) is 6.04 Å². The number of hydrogen-bond acceptors (Lipinski definition) is 3. The normalized spacial score (nSPS) is 13.8. The molecule has 0 heterocycles. The third kappa shape index (κ3) is 3.90. The Hall–Kier alpha value is -1.20. The first-order valence-corrected chi connectivity index (χ1v) is 6.80. The van der Waals surface area contributed by atoms with Crippen LogP contribution in [0.3, 0.4) is 0 Å². The molecule has 3 nitrogen and oxygen atoms in total. The van der Waals surface area contributed by atoms with E-state index >= 15 is 0 Å². The first-order chi connectivity index (χ1) is 9.33. The number of likely N-dealkylation sites (N-methyl/N-ethyl adjacent to an activating group) is 1. The highest BCUT2D eigenvalue weighted by atomic mass is 19.3. The second-order valence-electron chi connectivity index (χ2n) is 5.44. The van der Waals surface area contributed by atoms with Gasteiger partial charge in [0.15, 0.2) is 0 Å². The summed E-state index contributed by atoms with van der Waals surface area (Å²) in [5.74, 6) is 0.191. The van der Waals surface area contributed by atoms with Gasteiger partial charge < -0.3 is 10.5 Å². The molecule has 1 unspecified atom stereocenters. The summed E-state index contributed by atoms with van der Waals surface area (Å²) in [6.45, 7) is 3.80. The smallest absolute Gasteiger partial charge is 0.387 e. The molecule has 114 valence electrons. The van der Waals surface area contributed by atoms with Crippen LogP contribution < -0.4 is 10.5 Å². The number of nitrogens with two attached hydrogens (primary N) is 1. The average Bonchev–Trinajstić information content (AvgIpc) is 2.40. The quantitative estimate of drug-likeness (QED) is 0.835. The third-order valence-corrected chi connectivity index (χ3v) is 4.00. The minimum absolute atomic E-state index is 0.0814. The highest BCUT2D eigenvalue weighted by Gasteiger charge is 2.30. The number of ether oxygens (including phenoxy) is 1. The maximum absolute atomic E-state index is 12.5. The van der Waals surface area contributed by atoms with Gasteiger partial charge in [-0.25, -0.2) is 0 Å². The van der Waals surface area contributed by atoms with E-state index in [-0.39, 0.29) is 17.3 Å². The van der Waals surface area contributed by atoms with Crippen LogP contribution >= 0.6 is 0 Å². The third-order valence-electron chi connectivity index (χ3n) is 4.00. The lowest BCUT2D eigenvalue weighted by Crippen LogP contribution is -2.45. The molecular formula is C15H24F2N2O. The molecule has 0 amide bonds. The SMILES string of the molecule is CCC(C)(C)N(C)C(CN)c1ccccc1OC(F)F. The Bertz CT molecular complexity index is 424. The Morgan fingerprint density at radius 2 is 1.90 bits per heavy atom. The number of rotatable bonds is 7. The topological polar surface area (TPSA) is 38.5 Å². The van der Waals surface area contributed by atoms with Crippen LogP contribution in [0.4, 0.5) is 8.78 Å². The van der Waals surface area contributed by atoms with E-state index in [9.17, 15) is 8.78 Å². The zero-order chi connectivity index (χ0) is 15.3. The fraction of sp³-hybridized carbons (Fsp3) is 0.600. The molecule has 1 aromatic rings. The first-order valence-electron chi connectivity index (χ1n) is 6.80. The molecule has 0 fully saturated rings.